The first-order valence-electron chi connectivity index (χ1n) is 10.3. The van der Waals surface area contributed by atoms with Crippen LogP contribution in [0.1, 0.15) is 5.56 Å². The van der Waals surface area contributed by atoms with Gasteiger partial charge in [0.15, 0.2) is 5.41 Å². The Morgan fingerprint density at radius 1 is 1.09 bits per heavy atom. The molecule has 10 heteroatoms. The fourth-order valence-corrected chi connectivity index (χ4v) is 5.12. The van der Waals surface area contributed by atoms with Crippen LogP contribution in [0.4, 0.5) is 21.9 Å². The number of amides is 4. The van der Waals surface area contributed by atoms with Crippen molar-refractivity contribution in [3.05, 3.63) is 64.2 Å². The number of fused-ring (bicyclic) bond motifs is 4. The van der Waals surface area contributed by atoms with Gasteiger partial charge < -0.3 is 9.80 Å². The summed E-state index contributed by atoms with van der Waals surface area (Å²) < 4.78 is 0. The van der Waals surface area contributed by atoms with Crippen molar-refractivity contribution in [1.29, 1.82) is 0 Å². The topological polar surface area (TPSA) is 116 Å². The Bertz CT molecular complexity index is 1150. The van der Waals surface area contributed by atoms with E-state index >= 15 is 0 Å². The van der Waals surface area contributed by atoms with Gasteiger partial charge in [0, 0.05) is 56.6 Å². The second kappa shape index (κ2) is 7.04. The monoisotopic (exact) mass is 435 g/mol. The molecule has 3 heterocycles. The van der Waals surface area contributed by atoms with Crippen LogP contribution in [0.3, 0.4) is 0 Å². The number of anilines is 2. The molecule has 0 unspecified atom stereocenters. The van der Waals surface area contributed by atoms with Crippen LogP contribution in [0.5, 0.6) is 0 Å². The molecule has 0 bridgehead atoms. The smallest absolute Gasteiger partial charge is 0.330 e. The van der Waals surface area contributed by atoms with Gasteiger partial charge in [-0.1, -0.05) is 18.2 Å². The van der Waals surface area contributed by atoms with Gasteiger partial charge >= 0.3 is 6.03 Å². The summed E-state index contributed by atoms with van der Waals surface area (Å²) in [6.07, 6.45) is -0.0178. The van der Waals surface area contributed by atoms with Crippen LogP contribution < -0.4 is 15.1 Å². The molecular weight excluding hydrogens is 414 g/mol. The lowest BCUT2D eigenvalue weighted by Crippen LogP contribution is -2.74. The largest absolute Gasteiger partial charge is 0.368 e. The fraction of sp³-hybridized carbons (Fsp3) is 0.318. The number of hydrogen-bond acceptors (Lipinski definition) is 7. The number of hydrogen-bond donors (Lipinski definition) is 1. The summed E-state index contributed by atoms with van der Waals surface area (Å²) in [6.45, 7) is 1.56. The third-order valence-electron chi connectivity index (χ3n) is 6.74. The van der Waals surface area contributed by atoms with E-state index in [4.69, 9.17) is 0 Å². The highest BCUT2D eigenvalue weighted by Crippen LogP contribution is 2.46. The SMILES string of the molecule is CN1C(=O)NC(=O)[C@]2(Cc3cc([N+](=O)[O-])ccc3N3CCN(c4ccccc4)C[C@H]32)C1=O. The lowest BCUT2D eigenvalue weighted by Gasteiger charge is -2.55. The van der Waals surface area contributed by atoms with E-state index in [2.05, 4.69) is 10.2 Å². The number of nitro benzene ring substituents is 1. The molecule has 3 aliphatic rings. The number of urea groups is 1. The van der Waals surface area contributed by atoms with Crippen molar-refractivity contribution >= 4 is 34.9 Å². The molecule has 0 aromatic heterocycles. The first-order chi connectivity index (χ1) is 15.3. The molecule has 2 atom stereocenters. The van der Waals surface area contributed by atoms with Crippen molar-refractivity contribution < 1.29 is 19.3 Å². The van der Waals surface area contributed by atoms with E-state index in [9.17, 15) is 24.5 Å². The van der Waals surface area contributed by atoms with Crippen molar-refractivity contribution in [3.63, 3.8) is 0 Å². The molecule has 0 saturated carbocycles. The van der Waals surface area contributed by atoms with Crippen LogP contribution in [0, 0.1) is 15.5 Å². The number of barbiturate groups is 1. The van der Waals surface area contributed by atoms with Crippen molar-refractivity contribution in [3.8, 4) is 0 Å². The number of imide groups is 2. The van der Waals surface area contributed by atoms with Gasteiger partial charge in [0.25, 0.3) is 5.69 Å². The molecule has 2 aromatic rings. The summed E-state index contributed by atoms with van der Waals surface area (Å²) in [5.74, 6) is -1.25. The molecule has 0 radical (unpaired) electrons. The summed E-state index contributed by atoms with van der Waals surface area (Å²) in [6, 6.07) is 13.0. The van der Waals surface area contributed by atoms with E-state index in [-0.39, 0.29) is 12.1 Å². The van der Waals surface area contributed by atoms with Crippen LogP contribution in [0.15, 0.2) is 48.5 Å². The first kappa shape index (κ1) is 20.0. The Labute approximate surface area is 183 Å². The highest BCUT2D eigenvalue weighted by atomic mass is 16.6. The van der Waals surface area contributed by atoms with Gasteiger partial charge in [-0.15, -0.1) is 0 Å². The van der Waals surface area contributed by atoms with E-state index in [1.54, 1.807) is 6.07 Å². The number of carbonyl (C=O) groups is 3. The lowest BCUT2D eigenvalue weighted by molar-refractivity contribution is -0.384. The zero-order valence-electron chi connectivity index (χ0n) is 17.4. The minimum atomic E-state index is -1.57. The number of nitrogens with zero attached hydrogens (tertiary/aromatic N) is 4. The highest BCUT2D eigenvalue weighted by Gasteiger charge is 2.62. The average Bonchev–Trinajstić information content (AvgIpc) is 2.81. The standard InChI is InChI=1S/C22H21N5O5/c1-24-20(29)22(19(28)23-21(24)30)12-14-11-16(27(31)32)7-8-17(14)26-10-9-25(13-18(22)26)15-5-3-2-4-6-15/h2-8,11,18H,9-10,12-13H2,1H3,(H,23,28,30)/t18-,22+/m0/s1. The molecule has 3 aliphatic heterocycles. The quantitative estimate of drug-likeness (QED) is 0.432. The lowest BCUT2D eigenvalue weighted by atomic mass is 9.67. The molecule has 2 saturated heterocycles. The normalized spacial score (nSPS) is 24.8. The second-order valence-electron chi connectivity index (χ2n) is 8.33. The average molecular weight is 435 g/mol. The second-order valence-corrected chi connectivity index (χ2v) is 8.33. The van der Waals surface area contributed by atoms with Crippen LogP contribution in [0.25, 0.3) is 0 Å². The number of piperazine rings is 1. The molecule has 1 spiro atoms. The summed E-state index contributed by atoms with van der Waals surface area (Å²) in [5.41, 5.74) is 0.630. The van der Waals surface area contributed by atoms with Gasteiger partial charge in [-0.3, -0.25) is 29.9 Å². The fourth-order valence-electron chi connectivity index (χ4n) is 5.12. The van der Waals surface area contributed by atoms with Crippen molar-refractivity contribution in [2.24, 2.45) is 5.41 Å². The number of benzene rings is 2. The summed E-state index contributed by atoms with van der Waals surface area (Å²) >= 11 is 0. The molecule has 1 N–H and O–H groups in total. The minimum absolute atomic E-state index is 0.0178. The number of nitro groups is 1. The van der Waals surface area contributed by atoms with E-state index < -0.39 is 34.2 Å². The van der Waals surface area contributed by atoms with Crippen molar-refractivity contribution in [1.82, 2.24) is 10.2 Å². The zero-order chi connectivity index (χ0) is 22.6. The zero-order valence-corrected chi connectivity index (χ0v) is 17.4. The number of nitrogens with one attached hydrogen (secondary N) is 1. The summed E-state index contributed by atoms with van der Waals surface area (Å²) in [4.78, 5) is 54.9. The van der Waals surface area contributed by atoms with E-state index in [0.29, 0.717) is 25.2 Å². The number of carbonyl (C=O) groups excluding carboxylic acids is 3. The Morgan fingerprint density at radius 2 is 1.84 bits per heavy atom. The van der Waals surface area contributed by atoms with Gasteiger partial charge in [0.1, 0.15) is 0 Å². The van der Waals surface area contributed by atoms with Gasteiger partial charge in [-0.05, 0) is 23.8 Å². The Kier molecular flexibility index (Phi) is 4.40. The van der Waals surface area contributed by atoms with Crippen molar-refractivity contribution in [2.45, 2.75) is 12.5 Å². The van der Waals surface area contributed by atoms with Crippen LogP contribution in [-0.2, 0) is 16.0 Å². The molecule has 2 fully saturated rings. The summed E-state index contributed by atoms with van der Waals surface area (Å²) in [7, 11) is 1.34. The number of para-hydroxylation sites is 1. The molecular formula is C22H21N5O5. The van der Waals surface area contributed by atoms with Crippen LogP contribution in [-0.4, -0.2) is 60.4 Å². The Morgan fingerprint density at radius 3 is 2.56 bits per heavy atom. The maximum absolute atomic E-state index is 13.5. The predicted molar refractivity (Wildman–Crippen MR) is 115 cm³/mol. The van der Waals surface area contributed by atoms with Gasteiger partial charge in [0.05, 0.1) is 11.0 Å². The highest BCUT2D eigenvalue weighted by molar-refractivity contribution is 6.20. The molecule has 4 amide bonds. The third kappa shape index (κ3) is 2.75. The number of non-ortho nitro benzene ring substituents is 1. The Balaban J connectivity index is 1.65. The van der Waals surface area contributed by atoms with Crippen LogP contribution >= 0.6 is 0 Å². The van der Waals surface area contributed by atoms with Gasteiger partial charge in [-0.25, -0.2) is 4.79 Å². The van der Waals surface area contributed by atoms with E-state index in [1.165, 1.54) is 19.2 Å². The minimum Gasteiger partial charge on any atom is -0.368 e. The molecule has 10 nitrogen and oxygen atoms in total. The number of rotatable bonds is 2. The maximum atomic E-state index is 13.5. The summed E-state index contributed by atoms with van der Waals surface area (Å²) in [5, 5.41) is 13.7. The maximum Gasteiger partial charge on any atom is 0.330 e. The molecule has 2 aromatic carbocycles. The van der Waals surface area contributed by atoms with Gasteiger partial charge in [0.2, 0.25) is 11.8 Å². The molecule has 164 valence electrons. The van der Waals surface area contributed by atoms with Crippen molar-refractivity contribution in [2.75, 3.05) is 36.5 Å². The first-order valence-corrected chi connectivity index (χ1v) is 10.3. The Hall–Kier alpha value is -3.95. The molecule has 32 heavy (non-hydrogen) atoms. The molecule has 5 rings (SSSR count). The van der Waals surface area contributed by atoms with Crippen LogP contribution in [0.2, 0.25) is 0 Å². The third-order valence-corrected chi connectivity index (χ3v) is 6.74. The van der Waals surface area contributed by atoms with E-state index in [0.717, 1.165) is 16.3 Å². The predicted octanol–water partition coefficient (Wildman–Crippen LogP) is 1.54. The van der Waals surface area contributed by atoms with E-state index in [1.807, 2.05) is 35.2 Å². The molecule has 0 aliphatic carbocycles. The van der Waals surface area contributed by atoms with Gasteiger partial charge in [-0.2, -0.15) is 0 Å².